The number of nitrogens with one attached hydrogen (secondary N) is 1. The summed E-state index contributed by atoms with van der Waals surface area (Å²) in [6.07, 6.45) is 1.78. The third kappa shape index (κ3) is 2.56. The largest absolute Gasteiger partial charge is 0.383 e. The van der Waals surface area contributed by atoms with E-state index in [0.29, 0.717) is 5.82 Å². The molecule has 0 spiro atoms. The Hall–Kier alpha value is -2.88. The number of rotatable bonds is 2. The number of fused-ring (bicyclic) bond motifs is 1. The fourth-order valence-corrected chi connectivity index (χ4v) is 2.41. The Morgan fingerprint density at radius 1 is 1.10 bits per heavy atom. The highest BCUT2D eigenvalue weighted by molar-refractivity contribution is 6.00. The molecule has 0 bridgehead atoms. The van der Waals surface area contributed by atoms with Crippen molar-refractivity contribution in [3.8, 4) is 11.1 Å². The molecule has 1 amide bonds. The number of nitrogens with two attached hydrogens (primary N) is 1. The Morgan fingerprint density at radius 2 is 1.81 bits per heavy atom. The van der Waals surface area contributed by atoms with Gasteiger partial charge in [-0.15, -0.1) is 0 Å². The van der Waals surface area contributed by atoms with Crippen LogP contribution in [-0.2, 0) is 4.79 Å². The van der Waals surface area contributed by atoms with E-state index in [1.54, 1.807) is 6.20 Å². The first kappa shape index (κ1) is 13.1. The van der Waals surface area contributed by atoms with Gasteiger partial charge in [0, 0.05) is 29.8 Å². The van der Waals surface area contributed by atoms with Crippen LogP contribution in [0, 0.1) is 0 Å². The number of amides is 1. The number of pyridine rings is 1. The minimum atomic E-state index is -0.0888. The normalized spacial score (nSPS) is 10.5. The molecule has 0 aliphatic carbocycles. The minimum absolute atomic E-state index is 0.0888. The Bertz CT molecular complexity index is 810. The highest BCUT2D eigenvalue weighted by Crippen LogP contribution is 2.32. The molecule has 1 aromatic heterocycles. The average molecular weight is 277 g/mol. The third-order valence-electron chi connectivity index (χ3n) is 3.32. The second kappa shape index (κ2) is 5.25. The third-order valence-corrected chi connectivity index (χ3v) is 3.32. The zero-order chi connectivity index (χ0) is 14.8. The number of carbonyl (C=O) groups is 1. The molecular weight excluding hydrogens is 262 g/mol. The van der Waals surface area contributed by atoms with Crippen molar-refractivity contribution in [3.63, 3.8) is 0 Å². The van der Waals surface area contributed by atoms with Gasteiger partial charge in [0.1, 0.15) is 5.82 Å². The van der Waals surface area contributed by atoms with Crippen molar-refractivity contribution in [2.45, 2.75) is 6.92 Å². The van der Waals surface area contributed by atoms with E-state index in [-0.39, 0.29) is 5.91 Å². The number of hydrogen-bond acceptors (Lipinski definition) is 3. The van der Waals surface area contributed by atoms with Gasteiger partial charge in [0.15, 0.2) is 0 Å². The molecule has 0 unspecified atom stereocenters. The van der Waals surface area contributed by atoms with Crippen LogP contribution in [0.25, 0.3) is 21.9 Å². The second-order valence-corrected chi connectivity index (χ2v) is 4.86. The van der Waals surface area contributed by atoms with Gasteiger partial charge in [-0.25, -0.2) is 4.98 Å². The first-order chi connectivity index (χ1) is 10.1. The van der Waals surface area contributed by atoms with Gasteiger partial charge in [-0.3, -0.25) is 4.79 Å². The van der Waals surface area contributed by atoms with Crippen LogP contribution in [0.3, 0.4) is 0 Å². The fraction of sp³-hybridized carbons (Fsp3) is 0.0588. The smallest absolute Gasteiger partial charge is 0.221 e. The molecule has 0 aliphatic rings. The lowest BCUT2D eigenvalue weighted by Gasteiger charge is -2.10. The SMILES string of the molecule is CC(=O)Nc1ccc(-c2c(N)ncc3ccccc23)cc1. The molecule has 0 saturated heterocycles. The summed E-state index contributed by atoms with van der Waals surface area (Å²) in [6, 6.07) is 15.6. The first-order valence-corrected chi connectivity index (χ1v) is 6.66. The molecule has 1 heterocycles. The van der Waals surface area contributed by atoms with Crippen LogP contribution in [0.5, 0.6) is 0 Å². The first-order valence-electron chi connectivity index (χ1n) is 6.66. The van der Waals surface area contributed by atoms with E-state index >= 15 is 0 Å². The topological polar surface area (TPSA) is 68.0 Å². The molecule has 2 aromatic carbocycles. The van der Waals surface area contributed by atoms with Gasteiger partial charge in [0.2, 0.25) is 5.91 Å². The summed E-state index contributed by atoms with van der Waals surface area (Å²) in [7, 11) is 0. The number of anilines is 2. The number of nitrogens with zero attached hydrogens (tertiary/aromatic N) is 1. The molecule has 3 rings (SSSR count). The van der Waals surface area contributed by atoms with Gasteiger partial charge < -0.3 is 11.1 Å². The molecule has 4 nitrogen and oxygen atoms in total. The van der Waals surface area contributed by atoms with E-state index in [1.807, 2.05) is 48.5 Å². The summed E-state index contributed by atoms with van der Waals surface area (Å²) in [5.41, 5.74) is 8.72. The minimum Gasteiger partial charge on any atom is -0.383 e. The molecule has 3 N–H and O–H groups in total. The van der Waals surface area contributed by atoms with Crippen molar-refractivity contribution < 1.29 is 4.79 Å². The van der Waals surface area contributed by atoms with Gasteiger partial charge in [0.05, 0.1) is 0 Å². The summed E-state index contributed by atoms with van der Waals surface area (Å²) in [6.45, 7) is 1.49. The van der Waals surface area contributed by atoms with Crippen molar-refractivity contribution in [3.05, 3.63) is 54.7 Å². The van der Waals surface area contributed by atoms with Crippen molar-refractivity contribution in [1.29, 1.82) is 0 Å². The number of carbonyl (C=O) groups excluding carboxylic acids is 1. The Morgan fingerprint density at radius 3 is 2.52 bits per heavy atom. The van der Waals surface area contributed by atoms with E-state index in [4.69, 9.17) is 5.73 Å². The predicted octanol–water partition coefficient (Wildman–Crippen LogP) is 3.44. The Labute approximate surface area is 122 Å². The highest BCUT2D eigenvalue weighted by atomic mass is 16.1. The number of nitrogen functional groups attached to an aromatic ring is 1. The van der Waals surface area contributed by atoms with Crippen LogP contribution < -0.4 is 11.1 Å². The van der Waals surface area contributed by atoms with Crippen molar-refractivity contribution in [2.24, 2.45) is 0 Å². The standard InChI is InChI=1S/C17H15N3O/c1-11(21)20-14-8-6-12(7-9-14)16-15-5-3-2-4-13(15)10-19-17(16)18/h2-10H,1H3,(H2,18,19)(H,20,21). The zero-order valence-corrected chi connectivity index (χ0v) is 11.6. The average Bonchev–Trinajstić information content (AvgIpc) is 2.48. The summed E-state index contributed by atoms with van der Waals surface area (Å²) < 4.78 is 0. The second-order valence-electron chi connectivity index (χ2n) is 4.86. The van der Waals surface area contributed by atoms with E-state index in [2.05, 4.69) is 10.3 Å². The van der Waals surface area contributed by atoms with Gasteiger partial charge in [-0.2, -0.15) is 0 Å². The van der Waals surface area contributed by atoms with Crippen molar-refractivity contribution in [2.75, 3.05) is 11.1 Å². The number of hydrogen-bond donors (Lipinski definition) is 2. The van der Waals surface area contributed by atoms with E-state index in [9.17, 15) is 4.79 Å². The quantitative estimate of drug-likeness (QED) is 0.754. The van der Waals surface area contributed by atoms with Crippen LogP contribution in [0.2, 0.25) is 0 Å². The van der Waals surface area contributed by atoms with Crippen LogP contribution in [0.4, 0.5) is 11.5 Å². The summed E-state index contributed by atoms with van der Waals surface area (Å²) in [5.74, 6) is 0.412. The zero-order valence-electron chi connectivity index (χ0n) is 11.6. The summed E-state index contributed by atoms with van der Waals surface area (Å²) >= 11 is 0. The molecule has 4 heteroatoms. The van der Waals surface area contributed by atoms with Crippen molar-refractivity contribution in [1.82, 2.24) is 4.98 Å². The lowest BCUT2D eigenvalue weighted by atomic mass is 9.99. The van der Waals surface area contributed by atoms with E-state index in [1.165, 1.54) is 6.92 Å². The molecule has 0 atom stereocenters. The molecule has 0 saturated carbocycles. The van der Waals surface area contributed by atoms with Gasteiger partial charge >= 0.3 is 0 Å². The predicted molar refractivity (Wildman–Crippen MR) is 85.9 cm³/mol. The van der Waals surface area contributed by atoms with Gasteiger partial charge in [0.25, 0.3) is 0 Å². The number of aromatic nitrogens is 1. The molecule has 0 fully saturated rings. The maximum atomic E-state index is 11.1. The monoisotopic (exact) mass is 277 g/mol. The summed E-state index contributed by atoms with van der Waals surface area (Å²) in [5, 5.41) is 4.87. The lowest BCUT2D eigenvalue weighted by molar-refractivity contribution is -0.114. The highest BCUT2D eigenvalue weighted by Gasteiger charge is 2.09. The molecule has 3 aromatic rings. The van der Waals surface area contributed by atoms with E-state index < -0.39 is 0 Å². The number of benzene rings is 2. The maximum absolute atomic E-state index is 11.1. The maximum Gasteiger partial charge on any atom is 0.221 e. The molecule has 0 radical (unpaired) electrons. The van der Waals surface area contributed by atoms with Crippen LogP contribution in [0.15, 0.2) is 54.7 Å². The summed E-state index contributed by atoms with van der Waals surface area (Å²) in [4.78, 5) is 15.3. The van der Waals surface area contributed by atoms with Gasteiger partial charge in [-0.05, 0) is 23.1 Å². The fourth-order valence-electron chi connectivity index (χ4n) is 2.41. The molecular formula is C17H15N3O. The van der Waals surface area contributed by atoms with Crippen LogP contribution >= 0.6 is 0 Å². The molecule has 104 valence electrons. The lowest BCUT2D eigenvalue weighted by Crippen LogP contribution is -2.05. The van der Waals surface area contributed by atoms with Crippen molar-refractivity contribution >= 4 is 28.2 Å². The Kier molecular flexibility index (Phi) is 3.28. The van der Waals surface area contributed by atoms with E-state index in [0.717, 1.165) is 27.6 Å². The molecule has 0 aliphatic heterocycles. The molecule has 21 heavy (non-hydrogen) atoms. The van der Waals surface area contributed by atoms with Gasteiger partial charge in [-0.1, -0.05) is 36.4 Å². The van der Waals surface area contributed by atoms with Crippen LogP contribution in [-0.4, -0.2) is 10.9 Å². The Balaban J connectivity index is 2.11. The van der Waals surface area contributed by atoms with Crippen LogP contribution in [0.1, 0.15) is 6.92 Å².